The van der Waals surface area contributed by atoms with E-state index in [2.05, 4.69) is 71.4 Å². The van der Waals surface area contributed by atoms with Crippen molar-refractivity contribution >= 4 is 33.2 Å². The number of fused-ring (bicyclic) bond motifs is 3. The molecule has 2 aromatic carbocycles. The summed E-state index contributed by atoms with van der Waals surface area (Å²) in [6, 6.07) is 11.6. The van der Waals surface area contributed by atoms with Crippen LogP contribution < -0.4 is 14.4 Å². The Hall–Kier alpha value is -2.67. The molecule has 1 N–H and O–H groups in total. The number of benzene rings is 2. The van der Waals surface area contributed by atoms with Crippen molar-refractivity contribution in [2.75, 3.05) is 71.6 Å². The van der Waals surface area contributed by atoms with Gasteiger partial charge in [0.2, 0.25) is 10.0 Å². The van der Waals surface area contributed by atoms with Gasteiger partial charge in [-0.25, -0.2) is 13.1 Å². The molecule has 1 saturated carbocycles. The molecule has 1 spiro atoms. The Morgan fingerprint density at radius 2 is 1.84 bits per heavy atom. The van der Waals surface area contributed by atoms with Crippen LogP contribution in [0.3, 0.4) is 0 Å². The third kappa shape index (κ3) is 8.77. The summed E-state index contributed by atoms with van der Waals surface area (Å²) in [5.41, 5.74) is 2.92. The Morgan fingerprint density at radius 1 is 1.09 bits per heavy atom. The van der Waals surface area contributed by atoms with E-state index in [0.29, 0.717) is 24.8 Å². The Kier molecular flexibility index (Phi) is 13.0. The lowest BCUT2D eigenvalue weighted by molar-refractivity contribution is -0.185. The van der Waals surface area contributed by atoms with Crippen molar-refractivity contribution in [3.05, 3.63) is 70.3 Å². The first-order chi connectivity index (χ1) is 26.2. The average Bonchev–Trinajstić information content (AvgIpc) is 3.30. The molecule has 0 aromatic heterocycles. The van der Waals surface area contributed by atoms with Crippen LogP contribution in [0.2, 0.25) is 5.02 Å². The maximum atomic E-state index is 13.7. The van der Waals surface area contributed by atoms with Gasteiger partial charge in [0, 0.05) is 87.6 Å². The van der Waals surface area contributed by atoms with Gasteiger partial charge >= 0.3 is 0 Å². The Balaban J connectivity index is 1.35. The molecule has 10 nitrogen and oxygen atoms in total. The maximum Gasteiger partial charge on any atom is 0.264 e. The first kappa shape index (κ1) is 41.9. The molecular weight excluding hydrogens is 736 g/mol. The number of allylic oxidation sites excluding steroid dienone is 1. The summed E-state index contributed by atoms with van der Waals surface area (Å²) in [6.07, 6.45) is 10.9. The van der Waals surface area contributed by atoms with Crippen LogP contribution in [0.5, 0.6) is 5.75 Å². The lowest BCUT2D eigenvalue weighted by Crippen LogP contribution is -2.65. The van der Waals surface area contributed by atoms with Gasteiger partial charge in [0.25, 0.3) is 5.91 Å². The summed E-state index contributed by atoms with van der Waals surface area (Å²) < 4.78 is 47.1. The fourth-order valence-corrected chi connectivity index (χ4v) is 10.6. The topological polar surface area (TPSA) is 101 Å². The van der Waals surface area contributed by atoms with Gasteiger partial charge < -0.3 is 19.1 Å². The van der Waals surface area contributed by atoms with Crippen molar-refractivity contribution in [2.45, 2.75) is 101 Å². The number of nitrogens with one attached hydrogen (secondary N) is 1. The van der Waals surface area contributed by atoms with Crippen LogP contribution in [0.1, 0.15) is 94.6 Å². The predicted octanol–water partition coefficient (Wildman–Crippen LogP) is 7.05. The van der Waals surface area contributed by atoms with E-state index in [4.69, 9.17) is 25.8 Å². The number of sulfonamides is 1. The molecule has 6 rings (SSSR count). The van der Waals surface area contributed by atoms with Gasteiger partial charge in [0.05, 0.1) is 17.5 Å². The lowest BCUT2D eigenvalue weighted by atomic mass is 9.66. The van der Waals surface area contributed by atoms with Gasteiger partial charge in [0.15, 0.2) is 0 Å². The van der Waals surface area contributed by atoms with Crippen molar-refractivity contribution in [3.63, 3.8) is 0 Å². The predicted molar refractivity (Wildman–Crippen MR) is 221 cm³/mol. The zero-order valence-corrected chi connectivity index (χ0v) is 35.6. The zero-order chi connectivity index (χ0) is 39.6. The minimum Gasteiger partial charge on any atom is -0.490 e. The van der Waals surface area contributed by atoms with Gasteiger partial charge in [-0.15, -0.1) is 0 Å². The third-order valence-electron chi connectivity index (χ3n) is 12.8. The van der Waals surface area contributed by atoms with Crippen molar-refractivity contribution in [1.29, 1.82) is 0 Å². The number of anilines is 1. The van der Waals surface area contributed by atoms with Crippen molar-refractivity contribution in [2.24, 2.45) is 11.8 Å². The average molecular weight is 800 g/mol. The molecule has 2 aromatic rings. The first-order valence-electron chi connectivity index (χ1n) is 20.2. The number of nitrogens with zero attached hydrogens (tertiary/aromatic N) is 3. The second kappa shape index (κ2) is 17.0. The van der Waals surface area contributed by atoms with Crippen LogP contribution in [0, 0.1) is 11.8 Å². The Labute approximate surface area is 334 Å². The highest BCUT2D eigenvalue weighted by atomic mass is 35.5. The van der Waals surface area contributed by atoms with Crippen molar-refractivity contribution < 1.29 is 27.4 Å². The molecule has 5 atom stereocenters. The molecule has 0 bridgehead atoms. The molecular formula is C43H63ClN4O6S. The van der Waals surface area contributed by atoms with E-state index in [1.165, 1.54) is 18.2 Å². The van der Waals surface area contributed by atoms with Crippen molar-refractivity contribution in [1.82, 2.24) is 14.5 Å². The summed E-state index contributed by atoms with van der Waals surface area (Å²) >= 11 is 6.52. The van der Waals surface area contributed by atoms with Gasteiger partial charge in [0.1, 0.15) is 11.5 Å². The van der Waals surface area contributed by atoms with E-state index < -0.39 is 26.9 Å². The molecule has 1 saturated heterocycles. The van der Waals surface area contributed by atoms with E-state index in [0.717, 1.165) is 82.0 Å². The summed E-state index contributed by atoms with van der Waals surface area (Å²) in [7, 11) is -0.514. The van der Waals surface area contributed by atoms with E-state index >= 15 is 0 Å². The molecule has 0 radical (unpaired) electrons. The molecule has 12 heteroatoms. The quantitative estimate of drug-likeness (QED) is 0.214. The van der Waals surface area contributed by atoms with Crippen LogP contribution >= 0.6 is 11.6 Å². The minimum absolute atomic E-state index is 0.115. The van der Waals surface area contributed by atoms with Gasteiger partial charge in [-0.3, -0.25) is 14.6 Å². The van der Waals surface area contributed by atoms with Crippen LogP contribution in [-0.2, 0) is 31.3 Å². The van der Waals surface area contributed by atoms with Crippen LogP contribution in [-0.4, -0.2) is 107 Å². The SMILES string of the molecule is CC/C=C/[C@@](OC)([C@@H]1CC[C@H]1CN1C[C@@]2(CCCc3cc(Cl)ccc32)COc2ccc(C(=O)NS(=O)(=O)[C@@H](C)CCOC)cc21)N1CCN(C(C)(C)C)CC1. The number of halogens is 1. The number of amides is 1. The highest BCUT2D eigenvalue weighted by Crippen LogP contribution is 2.50. The molecule has 304 valence electrons. The van der Waals surface area contributed by atoms with Crippen molar-refractivity contribution in [3.8, 4) is 5.75 Å². The Morgan fingerprint density at radius 3 is 2.49 bits per heavy atom. The first-order valence-corrected chi connectivity index (χ1v) is 22.2. The smallest absolute Gasteiger partial charge is 0.264 e. The summed E-state index contributed by atoms with van der Waals surface area (Å²) in [6.45, 7) is 16.7. The summed E-state index contributed by atoms with van der Waals surface area (Å²) in [5, 5.41) is -0.0455. The second-order valence-electron chi connectivity index (χ2n) is 17.2. The highest BCUT2D eigenvalue weighted by molar-refractivity contribution is 7.90. The Bertz CT molecular complexity index is 1810. The summed E-state index contributed by atoms with van der Waals surface area (Å²) in [4.78, 5) is 21.2. The monoisotopic (exact) mass is 798 g/mol. The fourth-order valence-electron chi connectivity index (χ4n) is 9.42. The third-order valence-corrected chi connectivity index (χ3v) is 14.8. The molecule has 0 unspecified atom stereocenters. The van der Waals surface area contributed by atoms with Crippen LogP contribution in [0.15, 0.2) is 48.6 Å². The molecule has 55 heavy (non-hydrogen) atoms. The van der Waals surface area contributed by atoms with E-state index in [-0.39, 0.29) is 35.5 Å². The number of hydrogen-bond donors (Lipinski definition) is 1. The number of methoxy groups -OCH3 is 2. The number of aryl methyl sites for hydroxylation is 1. The van der Waals surface area contributed by atoms with Crippen LogP contribution in [0.25, 0.3) is 0 Å². The molecule has 2 aliphatic carbocycles. The number of carbonyl (C=O) groups is 1. The van der Waals surface area contributed by atoms with Gasteiger partial charge in [-0.05, 0) is 126 Å². The minimum atomic E-state index is -3.92. The molecule has 4 aliphatic rings. The largest absolute Gasteiger partial charge is 0.490 e. The number of piperazine rings is 1. The number of rotatable bonds is 13. The standard InChI is InChI=1S/C43H63ClN4O6S/c1-8-9-20-43(53-7,48-23-21-47(22-24-48)41(3,4)5)37-15-12-34(37)28-46-29-42(19-10-11-32-26-35(44)14-16-36(32)42)30-54-39-17-13-33(27-38(39)46)40(49)45-55(50,51)31(2)18-25-52-6/h9,13-14,16-17,20,26-27,31,34,37H,8,10-12,15,18-19,21-25,28-30H2,1-7H3,(H,45,49)/b20-9+/t31-,34-,37+,42-,43+/m0/s1. The highest BCUT2D eigenvalue weighted by Gasteiger charge is 2.52. The number of carbonyl (C=O) groups excluding carboxylic acids is 1. The van der Waals surface area contributed by atoms with E-state index in [9.17, 15) is 13.2 Å². The number of hydrogen-bond acceptors (Lipinski definition) is 9. The van der Waals surface area contributed by atoms with Gasteiger partial charge in [-0.2, -0.15) is 0 Å². The van der Waals surface area contributed by atoms with Gasteiger partial charge in [-0.1, -0.05) is 30.7 Å². The summed E-state index contributed by atoms with van der Waals surface area (Å²) in [5.74, 6) is 0.608. The molecule has 1 amide bonds. The fraction of sp³-hybridized carbons (Fsp3) is 0.651. The normalized spacial score (nSPS) is 25.3. The number of ether oxygens (including phenoxy) is 3. The van der Waals surface area contributed by atoms with Crippen LogP contribution in [0.4, 0.5) is 5.69 Å². The van der Waals surface area contributed by atoms with E-state index in [1.54, 1.807) is 13.0 Å². The molecule has 2 heterocycles. The lowest BCUT2D eigenvalue weighted by Gasteiger charge is -2.56. The second-order valence-corrected chi connectivity index (χ2v) is 19.7. The molecule has 2 fully saturated rings. The maximum absolute atomic E-state index is 13.7. The van der Waals surface area contributed by atoms with E-state index in [1.807, 2.05) is 25.3 Å². The zero-order valence-electron chi connectivity index (χ0n) is 34.0. The molecule has 2 aliphatic heterocycles.